The molecule has 2 aromatic carbocycles. The van der Waals surface area contributed by atoms with E-state index in [4.69, 9.17) is 0 Å². The zero-order chi connectivity index (χ0) is 20.3. The number of nitrogens with one attached hydrogen (secondary N) is 3. The van der Waals surface area contributed by atoms with E-state index in [1.54, 1.807) is 30.6 Å². The smallest absolute Gasteiger partial charge is 0.240 e. The average Bonchev–Trinajstić information content (AvgIpc) is 3.13. The minimum Gasteiger partial charge on any atom is -0.358 e. The number of sulfonamides is 1. The molecule has 4 aromatic rings. The van der Waals surface area contributed by atoms with Crippen molar-refractivity contribution in [1.29, 1.82) is 0 Å². The van der Waals surface area contributed by atoms with Crippen LogP contribution in [0, 0.1) is 0 Å². The van der Waals surface area contributed by atoms with Crippen LogP contribution >= 0.6 is 0 Å². The first-order valence-electron chi connectivity index (χ1n) is 9.65. The van der Waals surface area contributed by atoms with E-state index in [9.17, 15) is 8.42 Å². The Labute approximate surface area is 170 Å². The Bertz CT molecular complexity index is 1200. The molecule has 0 aliphatic carbocycles. The van der Waals surface area contributed by atoms with E-state index in [0.717, 1.165) is 34.9 Å². The Balaban J connectivity index is 1.30. The molecule has 0 saturated heterocycles. The number of aromatic nitrogens is 2. The summed E-state index contributed by atoms with van der Waals surface area (Å²) < 4.78 is 28.1. The molecule has 0 spiro atoms. The lowest BCUT2D eigenvalue weighted by molar-refractivity contribution is 0.537. The van der Waals surface area contributed by atoms with E-state index in [1.165, 1.54) is 5.39 Å². The summed E-state index contributed by atoms with van der Waals surface area (Å²) in [6.45, 7) is 3.18. The standard InChI is InChI=1S/C22H24N4O2S/c1-16(14-23-11-9-20-12-18-4-2-3-5-22(18)25-20)26-29(27,28)21-7-6-19-15-24-10-8-17(19)13-21/h2-8,10,12-13,15-16,23,25-26H,9,11,14H2,1H3. The van der Waals surface area contributed by atoms with Crippen molar-refractivity contribution >= 4 is 31.7 Å². The molecule has 6 nitrogen and oxygen atoms in total. The molecule has 2 aromatic heterocycles. The monoisotopic (exact) mass is 408 g/mol. The van der Waals surface area contributed by atoms with Gasteiger partial charge in [0.2, 0.25) is 10.0 Å². The number of pyridine rings is 1. The predicted octanol–water partition coefficient (Wildman–Crippen LogP) is 3.22. The van der Waals surface area contributed by atoms with Crippen molar-refractivity contribution in [3.8, 4) is 0 Å². The first kappa shape index (κ1) is 19.6. The fourth-order valence-electron chi connectivity index (χ4n) is 3.41. The summed E-state index contributed by atoms with van der Waals surface area (Å²) >= 11 is 0. The highest BCUT2D eigenvalue weighted by molar-refractivity contribution is 7.89. The first-order chi connectivity index (χ1) is 14.0. The van der Waals surface area contributed by atoms with E-state index >= 15 is 0 Å². The predicted molar refractivity (Wildman–Crippen MR) is 116 cm³/mol. The lowest BCUT2D eigenvalue weighted by Crippen LogP contribution is -2.40. The number of aromatic amines is 1. The molecule has 1 unspecified atom stereocenters. The second-order valence-corrected chi connectivity index (χ2v) is 8.96. The molecule has 2 heterocycles. The van der Waals surface area contributed by atoms with E-state index < -0.39 is 10.0 Å². The third-order valence-electron chi connectivity index (χ3n) is 4.89. The molecule has 0 bridgehead atoms. The average molecular weight is 409 g/mol. The van der Waals surface area contributed by atoms with Crippen LogP contribution in [0.5, 0.6) is 0 Å². The molecular formula is C22H24N4O2S. The molecule has 0 saturated carbocycles. The van der Waals surface area contributed by atoms with Crippen LogP contribution in [0.4, 0.5) is 0 Å². The van der Waals surface area contributed by atoms with Gasteiger partial charge >= 0.3 is 0 Å². The van der Waals surface area contributed by atoms with Gasteiger partial charge in [-0.05, 0) is 54.4 Å². The van der Waals surface area contributed by atoms with Crippen molar-refractivity contribution in [3.63, 3.8) is 0 Å². The quantitative estimate of drug-likeness (QED) is 0.391. The normalized spacial score (nSPS) is 13.1. The van der Waals surface area contributed by atoms with Crippen molar-refractivity contribution < 1.29 is 8.42 Å². The Kier molecular flexibility index (Phi) is 5.62. The van der Waals surface area contributed by atoms with E-state index in [-0.39, 0.29) is 10.9 Å². The Hall–Kier alpha value is -2.74. The molecule has 0 fully saturated rings. The number of nitrogens with zero attached hydrogens (tertiary/aromatic N) is 1. The highest BCUT2D eigenvalue weighted by Gasteiger charge is 2.17. The minimum atomic E-state index is -3.57. The Morgan fingerprint density at radius 2 is 1.90 bits per heavy atom. The molecule has 7 heteroatoms. The van der Waals surface area contributed by atoms with Crippen molar-refractivity contribution in [2.75, 3.05) is 13.1 Å². The number of rotatable bonds is 8. The lowest BCUT2D eigenvalue weighted by Gasteiger charge is -2.15. The molecule has 3 N–H and O–H groups in total. The molecule has 0 amide bonds. The van der Waals surface area contributed by atoms with Gasteiger partial charge in [0, 0.05) is 48.1 Å². The van der Waals surface area contributed by atoms with Gasteiger partial charge < -0.3 is 10.3 Å². The zero-order valence-electron chi connectivity index (χ0n) is 16.2. The second kappa shape index (κ2) is 8.32. The number of H-pyrrole nitrogens is 1. The maximum Gasteiger partial charge on any atom is 0.240 e. The topological polar surface area (TPSA) is 86.9 Å². The van der Waals surface area contributed by atoms with Crippen molar-refractivity contribution in [1.82, 2.24) is 20.0 Å². The van der Waals surface area contributed by atoms with Gasteiger partial charge in [0.05, 0.1) is 4.90 Å². The van der Waals surface area contributed by atoms with Crippen molar-refractivity contribution in [2.24, 2.45) is 0 Å². The largest absolute Gasteiger partial charge is 0.358 e. The number of fused-ring (bicyclic) bond motifs is 2. The van der Waals surface area contributed by atoms with Gasteiger partial charge in [-0.2, -0.15) is 0 Å². The van der Waals surface area contributed by atoms with Crippen LogP contribution in [0.2, 0.25) is 0 Å². The molecule has 0 aliphatic rings. The van der Waals surface area contributed by atoms with Crippen LogP contribution < -0.4 is 10.0 Å². The van der Waals surface area contributed by atoms with Crippen LogP contribution in [-0.4, -0.2) is 37.5 Å². The second-order valence-electron chi connectivity index (χ2n) is 7.24. The summed E-state index contributed by atoms with van der Waals surface area (Å²) in [7, 11) is -3.57. The van der Waals surface area contributed by atoms with Gasteiger partial charge in [-0.1, -0.05) is 24.3 Å². The molecule has 0 radical (unpaired) electrons. The molecule has 1 atom stereocenters. The van der Waals surface area contributed by atoms with Crippen molar-refractivity contribution in [2.45, 2.75) is 24.3 Å². The summed E-state index contributed by atoms with van der Waals surface area (Å²) in [6, 6.07) is 17.0. The molecule has 4 rings (SSSR count). The number of hydrogen-bond donors (Lipinski definition) is 3. The molecular weight excluding hydrogens is 384 g/mol. The van der Waals surface area contributed by atoms with Gasteiger partial charge in [-0.15, -0.1) is 0 Å². The van der Waals surface area contributed by atoms with Gasteiger partial charge in [0.25, 0.3) is 0 Å². The van der Waals surface area contributed by atoms with E-state index in [0.29, 0.717) is 6.54 Å². The summed E-state index contributed by atoms with van der Waals surface area (Å²) in [4.78, 5) is 7.72. The van der Waals surface area contributed by atoms with Crippen LogP contribution in [0.3, 0.4) is 0 Å². The van der Waals surface area contributed by atoms with Gasteiger partial charge in [0.1, 0.15) is 0 Å². The van der Waals surface area contributed by atoms with E-state index in [2.05, 4.69) is 38.2 Å². The Morgan fingerprint density at radius 1 is 1.03 bits per heavy atom. The number of para-hydroxylation sites is 1. The fraction of sp³-hybridized carbons (Fsp3) is 0.227. The maximum absolute atomic E-state index is 12.7. The van der Waals surface area contributed by atoms with Crippen LogP contribution in [-0.2, 0) is 16.4 Å². The first-order valence-corrected chi connectivity index (χ1v) is 11.1. The Morgan fingerprint density at radius 3 is 2.76 bits per heavy atom. The highest BCUT2D eigenvalue weighted by atomic mass is 32.2. The van der Waals surface area contributed by atoms with Gasteiger partial charge in [0.15, 0.2) is 0 Å². The third-order valence-corrected chi connectivity index (χ3v) is 6.47. The summed E-state index contributed by atoms with van der Waals surface area (Å²) in [6.07, 6.45) is 4.23. The zero-order valence-corrected chi connectivity index (χ0v) is 17.0. The highest BCUT2D eigenvalue weighted by Crippen LogP contribution is 2.18. The third kappa shape index (κ3) is 4.64. The van der Waals surface area contributed by atoms with Crippen LogP contribution in [0.15, 0.2) is 71.9 Å². The molecule has 0 aliphatic heterocycles. The van der Waals surface area contributed by atoms with Crippen LogP contribution in [0.25, 0.3) is 21.7 Å². The number of benzene rings is 2. The molecule has 150 valence electrons. The SMILES string of the molecule is CC(CNCCc1cc2ccccc2[nH]1)NS(=O)(=O)c1ccc2cnccc2c1. The summed E-state index contributed by atoms with van der Waals surface area (Å²) in [5, 5.41) is 6.30. The summed E-state index contributed by atoms with van der Waals surface area (Å²) in [5.74, 6) is 0. The minimum absolute atomic E-state index is 0.226. The van der Waals surface area contributed by atoms with Gasteiger partial charge in [-0.25, -0.2) is 13.1 Å². The van der Waals surface area contributed by atoms with Crippen molar-refractivity contribution in [3.05, 3.63) is 72.7 Å². The lowest BCUT2D eigenvalue weighted by atomic mass is 10.2. The summed E-state index contributed by atoms with van der Waals surface area (Å²) in [5.41, 5.74) is 2.30. The number of hydrogen-bond acceptors (Lipinski definition) is 4. The fourth-order valence-corrected chi connectivity index (χ4v) is 4.69. The molecule has 29 heavy (non-hydrogen) atoms. The van der Waals surface area contributed by atoms with Crippen LogP contribution in [0.1, 0.15) is 12.6 Å². The van der Waals surface area contributed by atoms with E-state index in [1.807, 2.05) is 25.1 Å². The maximum atomic E-state index is 12.7. The van der Waals surface area contributed by atoms with Gasteiger partial charge in [-0.3, -0.25) is 4.98 Å².